The van der Waals surface area contributed by atoms with E-state index < -0.39 is 23.8 Å². The number of fused-ring (bicyclic) bond motifs is 1. The Kier molecular flexibility index (Phi) is 5.93. The molecule has 0 spiro atoms. The van der Waals surface area contributed by atoms with E-state index in [1.54, 1.807) is 48.5 Å². The number of rotatable bonds is 8. The standard InChI is InChI=1S/C21H21NO6/c1-3-26-15-8-10-16(11-9-15)27-12-13-28-21(25)14(2)22-19(23)17-6-4-5-7-18(17)20(22)24/h4-11,14H,3,12-13H2,1-2H3/t14-/m1/s1. The summed E-state index contributed by atoms with van der Waals surface area (Å²) < 4.78 is 16.0. The lowest BCUT2D eigenvalue weighted by Crippen LogP contribution is -2.44. The molecule has 0 saturated heterocycles. The van der Waals surface area contributed by atoms with Crippen molar-refractivity contribution in [2.75, 3.05) is 19.8 Å². The van der Waals surface area contributed by atoms with Crippen molar-refractivity contribution in [2.45, 2.75) is 19.9 Å². The summed E-state index contributed by atoms with van der Waals surface area (Å²) in [5.41, 5.74) is 0.594. The summed E-state index contributed by atoms with van der Waals surface area (Å²) in [7, 11) is 0. The van der Waals surface area contributed by atoms with Gasteiger partial charge in [-0.1, -0.05) is 12.1 Å². The molecule has 7 nitrogen and oxygen atoms in total. The van der Waals surface area contributed by atoms with Crippen molar-refractivity contribution in [3.8, 4) is 11.5 Å². The number of hydrogen-bond donors (Lipinski definition) is 0. The van der Waals surface area contributed by atoms with E-state index in [-0.39, 0.29) is 13.2 Å². The predicted octanol–water partition coefficient (Wildman–Crippen LogP) is 2.69. The summed E-state index contributed by atoms with van der Waals surface area (Å²) >= 11 is 0. The lowest BCUT2D eigenvalue weighted by atomic mass is 10.1. The fourth-order valence-electron chi connectivity index (χ4n) is 2.89. The third-order valence-corrected chi connectivity index (χ3v) is 4.29. The number of carbonyl (C=O) groups excluding carboxylic acids is 3. The highest BCUT2D eigenvalue weighted by Crippen LogP contribution is 2.24. The molecular weight excluding hydrogens is 362 g/mol. The molecule has 28 heavy (non-hydrogen) atoms. The first kappa shape index (κ1) is 19.4. The molecule has 0 radical (unpaired) electrons. The second kappa shape index (κ2) is 8.56. The highest BCUT2D eigenvalue weighted by atomic mass is 16.6. The van der Waals surface area contributed by atoms with Crippen LogP contribution in [0.25, 0.3) is 0 Å². The van der Waals surface area contributed by atoms with E-state index in [2.05, 4.69) is 0 Å². The molecule has 2 aromatic rings. The first-order valence-electron chi connectivity index (χ1n) is 9.02. The Morgan fingerprint density at radius 1 is 0.893 bits per heavy atom. The minimum atomic E-state index is -1.02. The lowest BCUT2D eigenvalue weighted by Gasteiger charge is -2.20. The van der Waals surface area contributed by atoms with E-state index in [4.69, 9.17) is 14.2 Å². The van der Waals surface area contributed by atoms with E-state index in [0.29, 0.717) is 23.5 Å². The largest absolute Gasteiger partial charge is 0.494 e. The van der Waals surface area contributed by atoms with Crippen LogP contribution in [-0.2, 0) is 9.53 Å². The highest BCUT2D eigenvalue weighted by molar-refractivity contribution is 6.22. The maximum absolute atomic E-state index is 12.4. The van der Waals surface area contributed by atoms with E-state index in [0.717, 1.165) is 10.6 Å². The molecule has 7 heteroatoms. The number of nitrogens with zero attached hydrogens (tertiary/aromatic N) is 1. The van der Waals surface area contributed by atoms with Gasteiger partial charge in [-0.3, -0.25) is 14.5 Å². The summed E-state index contributed by atoms with van der Waals surface area (Å²) in [5, 5.41) is 0. The fraction of sp³-hybridized carbons (Fsp3) is 0.286. The zero-order valence-corrected chi connectivity index (χ0v) is 15.7. The first-order chi connectivity index (χ1) is 13.5. The van der Waals surface area contributed by atoms with Crippen LogP contribution in [-0.4, -0.2) is 48.5 Å². The minimum absolute atomic E-state index is 0.000442. The monoisotopic (exact) mass is 383 g/mol. The van der Waals surface area contributed by atoms with Gasteiger partial charge in [-0.15, -0.1) is 0 Å². The van der Waals surface area contributed by atoms with E-state index in [1.165, 1.54) is 6.92 Å². The Morgan fingerprint density at radius 3 is 1.96 bits per heavy atom. The molecule has 0 unspecified atom stereocenters. The summed E-state index contributed by atoms with van der Waals surface area (Å²) in [6, 6.07) is 12.6. The number of esters is 1. The van der Waals surface area contributed by atoms with Crippen LogP contribution >= 0.6 is 0 Å². The second-order valence-electron chi connectivity index (χ2n) is 6.12. The lowest BCUT2D eigenvalue weighted by molar-refractivity contribution is -0.148. The molecule has 0 saturated carbocycles. The Balaban J connectivity index is 1.49. The molecule has 0 aromatic heterocycles. The quantitative estimate of drug-likeness (QED) is 0.396. The SMILES string of the molecule is CCOc1ccc(OCCOC(=O)[C@@H](C)N2C(=O)c3ccccc3C2=O)cc1. The van der Waals surface area contributed by atoms with Gasteiger partial charge >= 0.3 is 5.97 Å². The Bertz CT molecular complexity index is 842. The van der Waals surface area contributed by atoms with E-state index >= 15 is 0 Å². The third kappa shape index (κ3) is 3.98. The van der Waals surface area contributed by atoms with Crippen molar-refractivity contribution in [1.29, 1.82) is 0 Å². The summed E-state index contributed by atoms with van der Waals surface area (Å²) in [6.07, 6.45) is 0. The highest BCUT2D eigenvalue weighted by Gasteiger charge is 2.41. The van der Waals surface area contributed by atoms with Crippen molar-refractivity contribution in [3.63, 3.8) is 0 Å². The van der Waals surface area contributed by atoms with Gasteiger partial charge in [-0.25, -0.2) is 4.79 Å². The predicted molar refractivity (Wildman–Crippen MR) is 100 cm³/mol. The van der Waals surface area contributed by atoms with Gasteiger partial charge in [0.25, 0.3) is 11.8 Å². The van der Waals surface area contributed by atoms with Crippen LogP contribution < -0.4 is 9.47 Å². The summed E-state index contributed by atoms with van der Waals surface area (Å²) in [6.45, 7) is 4.11. The van der Waals surface area contributed by atoms with Crippen LogP contribution in [0.3, 0.4) is 0 Å². The second-order valence-corrected chi connectivity index (χ2v) is 6.12. The number of hydrogen-bond acceptors (Lipinski definition) is 6. The van der Waals surface area contributed by atoms with E-state index in [1.807, 2.05) is 6.92 Å². The molecule has 1 aliphatic heterocycles. The fourth-order valence-corrected chi connectivity index (χ4v) is 2.89. The van der Waals surface area contributed by atoms with Crippen LogP contribution in [0, 0.1) is 0 Å². The maximum atomic E-state index is 12.4. The zero-order valence-electron chi connectivity index (χ0n) is 15.7. The average molecular weight is 383 g/mol. The molecule has 2 aromatic carbocycles. The van der Waals surface area contributed by atoms with Gasteiger partial charge in [0, 0.05) is 0 Å². The Labute approximate surface area is 162 Å². The Morgan fingerprint density at radius 2 is 1.43 bits per heavy atom. The number of ether oxygens (including phenoxy) is 3. The third-order valence-electron chi connectivity index (χ3n) is 4.29. The molecule has 2 amide bonds. The summed E-state index contributed by atoms with van der Waals surface area (Å²) in [4.78, 5) is 38.0. The van der Waals surface area contributed by atoms with Crippen molar-refractivity contribution >= 4 is 17.8 Å². The molecule has 0 fully saturated rings. The molecule has 1 aliphatic rings. The average Bonchev–Trinajstić information content (AvgIpc) is 2.97. The van der Waals surface area contributed by atoms with Crippen LogP contribution in [0.15, 0.2) is 48.5 Å². The molecular formula is C21H21NO6. The topological polar surface area (TPSA) is 82.1 Å². The molecule has 1 heterocycles. The van der Waals surface area contributed by atoms with Gasteiger partial charge in [0.15, 0.2) is 0 Å². The smallest absolute Gasteiger partial charge is 0.329 e. The number of imide groups is 1. The van der Waals surface area contributed by atoms with Crippen LogP contribution in [0.5, 0.6) is 11.5 Å². The van der Waals surface area contributed by atoms with Crippen LogP contribution in [0.1, 0.15) is 34.6 Å². The molecule has 0 bridgehead atoms. The summed E-state index contributed by atoms with van der Waals surface area (Å²) in [5.74, 6) is -0.278. The molecule has 146 valence electrons. The minimum Gasteiger partial charge on any atom is -0.494 e. The van der Waals surface area contributed by atoms with Gasteiger partial charge < -0.3 is 14.2 Å². The molecule has 0 N–H and O–H groups in total. The van der Waals surface area contributed by atoms with Crippen LogP contribution in [0.4, 0.5) is 0 Å². The maximum Gasteiger partial charge on any atom is 0.329 e. The van der Waals surface area contributed by atoms with Gasteiger partial charge in [0.1, 0.15) is 30.8 Å². The van der Waals surface area contributed by atoms with Crippen molar-refractivity contribution in [2.24, 2.45) is 0 Å². The normalized spacial score (nSPS) is 13.9. The number of amides is 2. The zero-order chi connectivity index (χ0) is 20.1. The van der Waals surface area contributed by atoms with Gasteiger partial charge in [-0.2, -0.15) is 0 Å². The first-order valence-corrected chi connectivity index (χ1v) is 9.02. The van der Waals surface area contributed by atoms with Gasteiger partial charge in [-0.05, 0) is 50.2 Å². The number of carbonyl (C=O) groups is 3. The Hall–Kier alpha value is -3.35. The van der Waals surface area contributed by atoms with Crippen molar-refractivity contribution in [3.05, 3.63) is 59.7 Å². The van der Waals surface area contributed by atoms with Crippen molar-refractivity contribution < 1.29 is 28.6 Å². The van der Waals surface area contributed by atoms with E-state index in [9.17, 15) is 14.4 Å². The van der Waals surface area contributed by atoms with Crippen molar-refractivity contribution in [1.82, 2.24) is 4.90 Å². The molecule has 3 rings (SSSR count). The number of benzene rings is 2. The van der Waals surface area contributed by atoms with Crippen LogP contribution in [0.2, 0.25) is 0 Å². The van der Waals surface area contributed by atoms with Gasteiger partial charge in [0.2, 0.25) is 0 Å². The molecule has 0 aliphatic carbocycles. The molecule has 1 atom stereocenters. The van der Waals surface area contributed by atoms with Gasteiger partial charge in [0.05, 0.1) is 17.7 Å².